The molecule has 1 aliphatic carbocycles. The van der Waals surface area contributed by atoms with Crippen LogP contribution in [0.4, 0.5) is 5.69 Å². The number of carbonyl (C=O) groups is 2. The van der Waals surface area contributed by atoms with E-state index in [4.69, 9.17) is 0 Å². The van der Waals surface area contributed by atoms with E-state index in [9.17, 15) is 9.59 Å². The minimum absolute atomic E-state index is 0.0963. The molecule has 7 heteroatoms. The minimum Gasteiger partial charge on any atom is -0.352 e. The third kappa shape index (κ3) is 5.47. The van der Waals surface area contributed by atoms with Crippen LogP contribution in [0.15, 0.2) is 35.9 Å². The van der Waals surface area contributed by atoms with Crippen molar-refractivity contribution in [2.24, 2.45) is 0 Å². The third-order valence-corrected chi connectivity index (χ3v) is 5.55. The van der Waals surface area contributed by atoms with E-state index in [1.165, 1.54) is 29.8 Å². The zero-order valence-electron chi connectivity index (χ0n) is 15.5. The first kappa shape index (κ1) is 19.2. The summed E-state index contributed by atoms with van der Waals surface area (Å²) in [6.45, 7) is 2.62. The molecule has 1 aliphatic rings. The van der Waals surface area contributed by atoms with E-state index in [1.807, 2.05) is 6.92 Å². The van der Waals surface area contributed by atoms with Crippen molar-refractivity contribution >= 4 is 28.8 Å². The summed E-state index contributed by atoms with van der Waals surface area (Å²) in [4.78, 5) is 24.4. The number of rotatable bonds is 7. The highest BCUT2D eigenvalue weighted by atomic mass is 32.1. The Bertz CT molecular complexity index is 827. The van der Waals surface area contributed by atoms with Crippen molar-refractivity contribution < 1.29 is 9.59 Å². The summed E-state index contributed by atoms with van der Waals surface area (Å²) in [5, 5.41) is 14.7. The topological polar surface area (TPSA) is 84.0 Å². The molecule has 0 spiro atoms. The molecular formula is C20H24N4O2S. The maximum absolute atomic E-state index is 12.2. The van der Waals surface area contributed by atoms with Crippen molar-refractivity contribution in [2.75, 3.05) is 11.9 Å². The summed E-state index contributed by atoms with van der Waals surface area (Å²) >= 11 is 1.29. The van der Waals surface area contributed by atoms with E-state index in [0.717, 1.165) is 30.7 Å². The summed E-state index contributed by atoms with van der Waals surface area (Å²) in [5.74, 6) is -0.383. The normalized spacial score (nSPS) is 13.7. The fraction of sp³-hybridized carbons (Fsp3) is 0.400. The van der Waals surface area contributed by atoms with Crippen molar-refractivity contribution in [2.45, 2.75) is 45.4 Å². The number of allylic oxidation sites excluding steroid dienone is 1. The van der Waals surface area contributed by atoms with Gasteiger partial charge in [0.05, 0.1) is 0 Å². The Morgan fingerprint density at radius 2 is 1.93 bits per heavy atom. The summed E-state index contributed by atoms with van der Waals surface area (Å²) in [5.41, 5.74) is 2.65. The standard InChI is InChI=1S/C20H24N4O2S/c1-2-17-23-24-20(27-17)19(26)22-16-10-8-15(9-11-16)18(25)21-13-12-14-6-4-3-5-7-14/h6,8-11H,2-5,7,12-13H2,1H3,(H,21,25)(H,22,26). The zero-order chi connectivity index (χ0) is 19.1. The Morgan fingerprint density at radius 3 is 2.59 bits per heavy atom. The van der Waals surface area contributed by atoms with Crippen LogP contribution in [0.3, 0.4) is 0 Å². The second-order valence-corrected chi connectivity index (χ2v) is 7.56. The van der Waals surface area contributed by atoms with Crippen LogP contribution in [0.1, 0.15) is 64.2 Å². The van der Waals surface area contributed by atoms with Crippen LogP contribution < -0.4 is 10.6 Å². The lowest BCUT2D eigenvalue weighted by molar-refractivity contribution is 0.0953. The molecule has 1 aromatic heterocycles. The molecule has 0 aliphatic heterocycles. The van der Waals surface area contributed by atoms with E-state index in [-0.39, 0.29) is 11.8 Å². The molecule has 0 atom stereocenters. The van der Waals surface area contributed by atoms with Gasteiger partial charge in [0.15, 0.2) is 0 Å². The van der Waals surface area contributed by atoms with Crippen LogP contribution in [0.2, 0.25) is 0 Å². The molecular weight excluding hydrogens is 360 g/mol. The van der Waals surface area contributed by atoms with Gasteiger partial charge >= 0.3 is 0 Å². The molecule has 0 saturated heterocycles. The average Bonchev–Trinajstić information content (AvgIpc) is 3.19. The highest BCUT2D eigenvalue weighted by Gasteiger charge is 2.13. The molecule has 2 N–H and O–H groups in total. The van der Waals surface area contributed by atoms with Gasteiger partial charge in [0.2, 0.25) is 5.01 Å². The first-order valence-corrected chi connectivity index (χ1v) is 10.2. The SMILES string of the molecule is CCc1nnc(C(=O)Nc2ccc(C(=O)NCCC3=CCCCC3)cc2)s1. The van der Waals surface area contributed by atoms with Gasteiger partial charge in [0.25, 0.3) is 11.8 Å². The Labute approximate surface area is 163 Å². The van der Waals surface area contributed by atoms with Gasteiger partial charge in [-0.2, -0.15) is 0 Å². The largest absolute Gasteiger partial charge is 0.352 e. The molecule has 27 heavy (non-hydrogen) atoms. The van der Waals surface area contributed by atoms with Crippen LogP contribution in [0.5, 0.6) is 0 Å². The first-order valence-electron chi connectivity index (χ1n) is 9.35. The smallest absolute Gasteiger partial charge is 0.286 e. The van der Waals surface area contributed by atoms with Crippen LogP contribution in [-0.2, 0) is 6.42 Å². The molecule has 6 nitrogen and oxygen atoms in total. The van der Waals surface area contributed by atoms with Gasteiger partial charge in [-0.1, -0.05) is 29.9 Å². The number of hydrogen-bond donors (Lipinski definition) is 2. The molecule has 1 aromatic carbocycles. The molecule has 0 fully saturated rings. The van der Waals surface area contributed by atoms with E-state index >= 15 is 0 Å². The van der Waals surface area contributed by atoms with E-state index in [2.05, 4.69) is 26.9 Å². The molecule has 0 saturated carbocycles. The number of carbonyl (C=O) groups excluding carboxylic acids is 2. The number of hydrogen-bond acceptors (Lipinski definition) is 5. The molecule has 0 unspecified atom stereocenters. The van der Waals surface area contributed by atoms with Crippen molar-refractivity contribution in [3.8, 4) is 0 Å². The van der Waals surface area contributed by atoms with Gasteiger partial charge < -0.3 is 10.6 Å². The van der Waals surface area contributed by atoms with Crippen LogP contribution >= 0.6 is 11.3 Å². The van der Waals surface area contributed by atoms with Crippen molar-refractivity contribution in [3.63, 3.8) is 0 Å². The lowest BCUT2D eigenvalue weighted by Gasteiger charge is -2.13. The zero-order valence-corrected chi connectivity index (χ0v) is 16.3. The van der Waals surface area contributed by atoms with E-state index in [0.29, 0.717) is 22.8 Å². The highest BCUT2D eigenvalue weighted by Crippen LogP contribution is 2.19. The van der Waals surface area contributed by atoms with Gasteiger partial charge in [-0.25, -0.2) is 0 Å². The lowest BCUT2D eigenvalue weighted by Crippen LogP contribution is -2.24. The summed E-state index contributed by atoms with van der Waals surface area (Å²) in [6, 6.07) is 6.86. The number of nitrogens with zero attached hydrogens (tertiary/aromatic N) is 2. The maximum Gasteiger partial charge on any atom is 0.286 e. The fourth-order valence-electron chi connectivity index (χ4n) is 2.95. The van der Waals surface area contributed by atoms with E-state index in [1.54, 1.807) is 24.3 Å². The summed E-state index contributed by atoms with van der Waals surface area (Å²) in [6.07, 6.45) is 8.81. The number of aromatic nitrogens is 2. The van der Waals surface area contributed by atoms with Gasteiger partial charge in [-0.05, 0) is 62.8 Å². The van der Waals surface area contributed by atoms with E-state index < -0.39 is 0 Å². The summed E-state index contributed by atoms with van der Waals surface area (Å²) < 4.78 is 0. The van der Waals surface area contributed by atoms with Gasteiger partial charge in [-0.15, -0.1) is 10.2 Å². The average molecular weight is 385 g/mol. The van der Waals surface area contributed by atoms with Gasteiger partial charge in [0, 0.05) is 17.8 Å². The van der Waals surface area contributed by atoms with Gasteiger partial charge in [0.1, 0.15) is 5.01 Å². The second-order valence-electron chi connectivity index (χ2n) is 6.50. The Morgan fingerprint density at radius 1 is 1.11 bits per heavy atom. The Balaban J connectivity index is 1.49. The summed E-state index contributed by atoms with van der Waals surface area (Å²) in [7, 11) is 0. The van der Waals surface area contributed by atoms with Crippen molar-refractivity contribution in [3.05, 3.63) is 51.5 Å². The molecule has 3 rings (SSSR count). The lowest BCUT2D eigenvalue weighted by atomic mass is 9.97. The van der Waals surface area contributed by atoms with Crippen molar-refractivity contribution in [1.29, 1.82) is 0 Å². The second kappa shape index (κ2) is 9.41. The molecule has 2 aromatic rings. The predicted molar refractivity (Wildman–Crippen MR) is 107 cm³/mol. The Hall–Kier alpha value is -2.54. The number of benzene rings is 1. The van der Waals surface area contributed by atoms with Crippen LogP contribution in [0.25, 0.3) is 0 Å². The number of amides is 2. The van der Waals surface area contributed by atoms with Crippen molar-refractivity contribution in [1.82, 2.24) is 15.5 Å². The Kier molecular flexibility index (Phi) is 6.70. The fourth-order valence-corrected chi connectivity index (χ4v) is 3.62. The predicted octanol–water partition coefficient (Wildman–Crippen LogP) is 3.97. The minimum atomic E-state index is -0.287. The van der Waals surface area contributed by atoms with Crippen LogP contribution in [0, 0.1) is 0 Å². The first-order chi connectivity index (χ1) is 13.2. The van der Waals surface area contributed by atoms with Crippen LogP contribution in [-0.4, -0.2) is 28.6 Å². The van der Waals surface area contributed by atoms with Gasteiger partial charge in [-0.3, -0.25) is 9.59 Å². The maximum atomic E-state index is 12.2. The molecule has 142 valence electrons. The highest BCUT2D eigenvalue weighted by molar-refractivity contribution is 7.13. The molecule has 0 bridgehead atoms. The molecule has 2 amide bonds. The monoisotopic (exact) mass is 384 g/mol. The number of anilines is 1. The molecule has 1 heterocycles. The number of aryl methyl sites for hydroxylation is 1. The number of nitrogens with one attached hydrogen (secondary N) is 2. The quantitative estimate of drug-likeness (QED) is 0.708. The third-order valence-electron chi connectivity index (χ3n) is 4.49. The molecule has 0 radical (unpaired) electrons.